The highest BCUT2D eigenvalue weighted by atomic mass is 16.7. The number of nitrogens with zero attached hydrogens (tertiary/aromatic N) is 1. The molecule has 2 aromatic carbocycles. The number of hydrogen-bond donors (Lipinski definition) is 2. The van der Waals surface area contributed by atoms with Crippen molar-refractivity contribution in [3.63, 3.8) is 0 Å². The zero-order valence-electron chi connectivity index (χ0n) is 15.0. The molecule has 1 amide bonds. The second-order valence-corrected chi connectivity index (χ2v) is 6.76. The van der Waals surface area contributed by atoms with Gasteiger partial charge in [0.05, 0.1) is 30.5 Å². The van der Waals surface area contributed by atoms with E-state index in [9.17, 15) is 4.79 Å². The maximum atomic E-state index is 12.5. The number of ether oxygens (including phenoxy) is 3. The van der Waals surface area contributed by atoms with Crippen molar-refractivity contribution in [2.24, 2.45) is 0 Å². The summed E-state index contributed by atoms with van der Waals surface area (Å²) in [6.45, 7) is 3.23. The normalized spacial score (nSPS) is 19.0. The summed E-state index contributed by atoms with van der Waals surface area (Å²) in [6, 6.07) is 13.7. The SMILES string of the molecule is Nc1cc2c(cc1NC(=O)CC1CN(Cc3ccccc3)CCO1)OCO2. The van der Waals surface area contributed by atoms with Crippen molar-refractivity contribution < 1.29 is 19.0 Å². The summed E-state index contributed by atoms with van der Waals surface area (Å²) in [6.07, 6.45) is 0.136. The topological polar surface area (TPSA) is 86.1 Å². The number of amides is 1. The van der Waals surface area contributed by atoms with E-state index in [-0.39, 0.29) is 25.2 Å². The summed E-state index contributed by atoms with van der Waals surface area (Å²) >= 11 is 0. The Morgan fingerprint density at radius 2 is 1.96 bits per heavy atom. The van der Waals surface area contributed by atoms with Crippen LogP contribution in [0.3, 0.4) is 0 Å². The standard InChI is InChI=1S/C20H23N3O4/c21-16-9-18-19(27-13-26-18)10-17(16)22-20(24)8-15-12-23(6-7-25-15)11-14-4-2-1-3-5-14/h1-5,9-10,15H,6-8,11-13,21H2,(H,22,24). The van der Waals surface area contributed by atoms with Gasteiger partial charge in [-0.1, -0.05) is 30.3 Å². The number of nitrogens with two attached hydrogens (primary N) is 1. The first-order chi connectivity index (χ1) is 13.2. The third kappa shape index (κ3) is 4.32. The Kier molecular flexibility index (Phi) is 5.13. The van der Waals surface area contributed by atoms with Gasteiger partial charge < -0.3 is 25.3 Å². The Morgan fingerprint density at radius 1 is 1.19 bits per heavy atom. The quantitative estimate of drug-likeness (QED) is 0.786. The first-order valence-corrected chi connectivity index (χ1v) is 9.04. The lowest BCUT2D eigenvalue weighted by Crippen LogP contribution is -2.43. The summed E-state index contributed by atoms with van der Waals surface area (Å²) in [5, 5.41) is 2.85. The van der Waals surface area contributed by atoms with E-state index in [4.69, 9.17) is 19.9 Å². The molecule has 1 fully saturated rings. The zero-order chi connectivity index (χ0) is 18.6. The highest BCUT2D eigenvalue weighted by molar-refractivity contribution is 5.94. The molecule has 0 saturated carbocycles. The molecule has 3 N–H and O–H groups in total. The molecule has 2 aliphatic rings. The lowest BCUT2D eigenvalue weighted by atomic mass is 10.1. The molecule has 7 heteroatoms. The fraction of sp³-hybridized carbons (Fsp3) is 0.350. The van der Waals surface area contributed by atoms with Crippen LogP contribution in [0.2, 0.25) is 0 Å². The number of morpholine rings is 1. The number of carbonyl (C=O) groups is 1. The van der Waals surface area contributed by atoms with Crippen molar-refractivity contribution >= 4 is 17.3 Å². The predicted octanol–water partition coefficient (Wildman–Crippen LogP) is 2.23. The van der Waals surface area contributed by atoms with E-state index in [0.717, 1.165) is 19.6 Å². The molecule has 0 aromatic heterocycles. The van der Waals surface area contributed by atoms with Crippen molar-refractivity contribution in [1.82, 2.24) is 4.90 Å². The summed E-state index contributed by atoms with van der Waals surface area (Å²) < 4.78 is 16.4. The minimum Gasteiger partial charge on any atom is -0.454 e. The number of nitrogens with one attached hydrogen (secondary N) is 1. The average Bonchev–Trinajstić information content (AvgIpc) is 3.10. The van der Waals surface area contributed by atoms with Crippen LogP contribution in [-0.2, 0) is 16.1 Å². The van der Waals surface area contributed by atoms with Crippen molar-refractivity contribution in [3.05, 3.63) is 48.0 Å². The molecule has 0 radical (unpaired) electrons. The summed E-state index contributed by atoms with van der Waals surface area (Å²) in [5.74, 6) is 1.05. The van der Waals surface area contributed by atoms with Gasteiger partial charge in [-0.2, -0.15) is 0 Å². The highest BCUT2D eigenvalue weighted by Gasteiger charge is 2.24. The van der Waals surface area contributed by atoms with Crippen LogP contribution in [0.25, 0.3) is 0 Å². The van der Waals surface area contributed by atoms with Crippen LogP contribution in [0.4, 0.5) is 11.4 Å². The summed E-state index contributed by atoms with van der Waals surface area (Å²) in [7, 11) is 0. The van der Waals surface area contributed by atoms with Crippen LogP contribution in [0.1, 0.15) is 12.0 Å². The number of rotatable bonds is 5. The molecule has 142 valence electrons. The van der Waals surface area contributed by atoms with Gasteiger partial charge in [-0.25, -0.2) is 0 Å². The van der Waals surface area contributed by atoms with Gasteiger partial charge >= 0.3 is 0 Å². The average molecular weight is 369 g/mol. The van der Waals surface area contributed by atoms with Crippen molar-refractivity contribution in [1.29, 1.82) is 0 Å². The molecular weight excluding hydrogens is 346 g/mol. The Bertz CT molecular complexity index is 812. The molecule has 2 heterocycles. The Morgan fingerprint density at radius 3 is 2.78 bits per heavy atom. The van der Waals surface area contributed by atoms with E-state index in [2.05, 4.69) is 22.3 Å². The number of carbonyl (C=O) groups excluding carboxylic acids is 1. The molecule has 2 aliphatic heterocycles. The minimum atomic E-state index is -0.141. The Hall–Kier alpha value is -2.77. The fourth-order valence-corrected chi connectivity index (χ4v) is 3.36. The third-order valence-corrected chi connectivity index (χ3v) is 4.70. The third-order valence-electron chi connectivity index (χ3n) is 4.70. The maximum absolute atomic E-state index is 12.5. The van der Waals surface area contributed by atoms with Gasteiger partial charge in [0, 0.05) is 31.8 Å². The molecule has 0 aliphatic carbocycles. The lowest BCUT2D eigenvalue weighted by molar-refractivity contribution is -0.121. The molecule has 0 bridgehead atoms. The molecular formula is C20H23N3O4. The van der Waals surface area contributed by atoms with Crippen molar-refractivity contribution in [3.8, 4) is 11.5 Å². The molecule has 0 spiro atoms. The number of fused-ring (bicyclic) bond motifs is 1. The molecule has 1 unspecified atom stereocenters. The Balaban J connectivity index is 1.33. The smallest absolute Gasteiger partial charge is 0.231 e. The fourth-order valence-electron chi connectivity index (χ4n) is 3.36. The predicted molar refractivity (Wildman–Crippen MR) is 102 cm³/mol. The van der Waals surface area contributed by atoms with Gasteiger partial charge in [0.25, 0.3) is 0 Å². The van der Waals surface area contributed by atoms with E-state index in [1.807, 2.05) is 18.2 Å². The number of anilines is 2. The van der Waals surface area contributed by atoms with Gasteiger partial charge in [0.2, 0.25) is 12.7 Å². The van der Waals surface area contributed by atoms with Crippen LogP contribution >= 0.6 is 0 Å². The largest absolute Gasteiger partial charge is 0.454 e. The van der Waals surface area contributed by atoms with Crippen molar-refractivity contribution in [2.75, 3.05) is 37.5 Å². The van der Waals surface area contributed by atoms with E-state index >= 15 is 0 Å². The van der Waals surface area contributed by atoms with Gasteiger partial charge in [-0.3, -0.25) is 9.69 Å². The molecule has 7 nitrogen and oxygen atoms in total. The number of hydrogen-bond acceptors (Lipinski definition) is 6. The Labute approximate surface area is 158 Å². The zero-order valence-corrected chi connectivity index (χ0v) is 15.0. The van der Waals surface area contributed by atoms with Crippen LogP contribution in [-0.4, -0.2) is 43.4 Å². The van der Waals surface area contributed by atoms with E-state index < -0.39 is 0 Å². The molecule has 1 atom stereocenters. The molecule has 2 aromatic rings. The lowest BCUT2D eigenvalue weighted by Gasteiger charge is -2.32. The van der Waals surface area contributed by atoms with E-state index in [0.29, 0.717) is 29.5 Å². The highest BCUT2D eigenvalue weighted by Crippen LogP contribution is 2.38. The van der Waals surface area contributed by atoms with Gasteiger partial charge in [-0.05, 0) is 5.56 Å². The molecule has 27 heavy (non-hydrogen) atoms. The minimum absolute atomic E-state index is 0.132. The van der Waals surface area contributed by atoms with E-state index in [1.54, 1.807) is 12.1 Å². The number of nitrogen functional groups attached to an aromatic ring is 1. The first-order valence-electron chi connectivity index (χ1n) is 9.04. The maximum Gasteiger partial charge on any atom is 0.231 e. The van der Waals surface area contributed by atoms with Crippen LogP contribution in [0.5, 0.6) is 11.5 Å². The summed E-state index contributed by atoms with van der Waals surface area (Å²) in [5.41, 5.74) is 8.23. The van der Waals surface area contributed by atoms with Crippen LogP contribution in [0.15, 0.2) is 42.5 Å². The molecule has 1 saturated heterocycles. The monoisotopic (exact) mass is 369 g/mol. The number of benzene rings is 2. The molecule has 4 rings (SSSR count). The second-order valence-electron chi connectivity index (χ2n) is 6.76. The van der Waals surface area contributed by atoms with Crippen LogP contribution in [0, 0.1) is 0 Å². The van der Waals surface area contributed by atoms with Gasteiger partial charge in [0.1, 0.15) is 0 Å². The summed E-state index contributed by atoms with van der Waals surface area (Å²) in [4.78, 5) is 14.8. The van der Waals surface area contributed by atoms with Crippen molar-refractivity contribution in [2.45, 2.75) is 19.1 Å². The van der Waals surface area contributed by atoms with Gasteiger partial charge in [0.15, 0.2) is 11.5 Å². The first kappa shape index (κ1) is 17.6. The second kappa shape index (κ2) is 7.85. The van der Waals surface area contributed by atoms with E-state index in [1.165, 1.54) is 5.56 Å². The van der Waals surface area contributed by atoms with Gasteiger partial charge in [-0.15, -0.1) is 0 Å². The van der Waals surface area contributed by atoms with Crippen LogP contribution < -0.4 is 20.5 Å².